The molecule has 16 heteroatoms. The molecule has 5 heterocycles. The number of carbonyl (C=O) groups excluding carboxylic acids is 5. The summed E-state index contributed by atoms with van der Waals surface area (Å²) in [5, 5.41) is 12.0. The number of hydrogen-bond acceptors (Lipinski definition) is 11. The molecule has 4 aliphatic heterocycles. The normalized spacial score (nSPS) is 20.1. The van der Waals surface area contributed by atoms with Crippen molar-refractivity contribution in [3.63, 3.8) is 0 Å². The van der Waals surface area contributed by atoms with Gasteiger partial charge in [-0.15, -0.1) is 0 Å². The summed E-state index contributed by atoms with van der Waals surface area (Å²) in [6.45, 7) is 16.9. The SMILES string of the molecule is CCN(C1=C(C)C(C(=O)NCc2c(C)cc(C)[nH]c2=O)CC(c2ccc(CN3CCN(CC(=O)NCCCCCCNc4cccc5c4C(=O)N(C4CCC(=O)NC4=O)C5)CC3)cc2)=C1)C1CCOCC1. The van der Waals surface area contributed by atoms with Crippen molar-refractivity contribution in [3.8, 4) is 0 Å². The molecule has 3 aromatic rings. The third-order valence-electron chi connectivity index (χ3n) is 15.0. The van der Waals surface area contributed by atoms with E-state index >= 15 is 0 Å². The molecule has 5 aliphatic rings. The number of nitrogens with one attached hydrogen (secondary N) is 5. The molecular weight excluding hydrogens is 899 g/mol. The van der Waals surface area contributed by atoms with Crippen molar-refractivity contribution < 1.29 is 28.7 Å². The highest BCUT2D eigenvalue weighted by molar-refractivity contribution is 6.07. The summed E-state index contributed by atoms with van der Waals surface area (Å²) in [6, 6.07) is 16.2. The van der Waals surface area contributed by atoms with Gasteiger partial charge in [0, 0.05) is 114 Å². The van der Waals surface area contributed by atoms with Crippen molar-refractivity contribution in [1.29, 1.82) is 0 Å². The van der Waals surface area contributed by atoms with Gasteiger partial charge in [0.25, 0.3) is 11.5 Å². The van der Waals surface area contributed by atoms with Gasteiger partial charge < -0.3 is 35.5 Å². The number of anilines is 1. The zero-order valence-electron chi connectivity index (χ0n) is 42.1. The number of ether oxygens (including phenoxy) is 1. The molecule has 5 N–H and O–H groups in total. The minimum absolute atomic E-state index is 0.0565. The molecule has 3 fully saturated rings. The molecule has 16 nitrogen and oxygen atoms in total. The maximum Gasteiger partial charge on any atom is 0.257 e. The number of H-pyrrole nitrogens is 1. The van der Waals surface area contributed by atoms with Gasteiger partial charge in [0.15, 0.2) is 0 Å². The smallest absolute Gasteiger partial charge is 0.257 e. The first-order valence-electron chi connectivity index (χ1n) is 25.9. The second-order valence-electron chi connectivity index (χ2n) is 20.0. The number of rotatable bonds is 20. The molecule has 0 saturated carbocycles. The highest BCUT2D eigenvalue weighted by atomic mass is 16.5. The molecule has 0 radical (unpaired) electrons. The van der Waals surface area contributed by atoms with Crippen LogP contribution in [0.2, 0.25) is 0 Å². The summed E-state index contributed by atoms with van der Waals surface area (Å²) in [5.41, 5.74) is 9.96. The summed E-state index contributed by atoms with van der Waals surface area (Å²) in [5.74, 6) is -1.27. The molecule has 8 rings (SSSR count). The van der Waals surface area contributed by atoms with E-state index in [0.29, 0.717) is 56.2 Å². The van der Waals surface area contributed by atoms with Crippen molar-refractivity contribution in [2.45, 2.75) is 117 Å². The average molecular weight is 972 g/mol. The Labute approximate surface area is 418 Å². The number of hydrogen-bond donors (Lipinski definition) is 5. The number of fused-ring (bicyclic) bond motifs is 1. The van der Waals surface area contributed by atoms with E-state index in [1.165, 1.54) is 5.56 Å². The van der Waals surface area contributed by atoms with E-state index in [2.05, 4.69) is 85.1 Å². The Morgan fingerprint density at radius 1 is 0.859 bits per heavy atom. The van der Waals surface area contributed by atoms with E-state index in [-0.39, 0.29) is 48.1 Å². The highest BCUT2D eigenvalue weighted by Gasteiger charge is 2.40. The Balaban J connectivity index is 0.754. The second-order valence-corrected chi connectivity index (χ2v) is 20.0. The number of nitrogens with zero attached hydrogens (tertiary/aromatic N) is 4. The highest BCUT2D eigenvalue weighted by Crippen LogP contribution is 2.38. The maximum absolute atomic E-state index is 14.1. The predicted molar refractivity (Wildman–Crippen MR) is 274 cm³/mol. The zero-order valence-corrected chi connectivity index (χ0v) is 42.1. The van der Waals surface area contributed by atoms with E-state index in [4.69, 9.17) is 4.74 Å². The lowest BCUT2D eigenvalue weighted by Gasteiger charge is -2.39. The number of aromatic amines is 1. The van der Waals surface area contributed by atoms with Gasteiger partial charge in [-0.2, -0.15) is 0 Å². The molecule has 71 heavy (non-hydrogen) atoms. The Bertz CT molecular complexity index is 2560. The molecule has 0 bridgehead atoms. The van der Waals surface area contributed by atoms with Crippen LogP contribution in [0.25, 0.3) is 5.57 Å². The lowest BCUT2D eigenvalue weighted by atomic mass is 9.82. The van der Waals surface area contributed by atoms with E-state index in [1.807, 2.05) is 38.1 Å². The first kappa shape index (κ1) is 51.3. The van der Waals surface area contributed by atoms with Crippen LogP contribution in [0.5, 0.6) is 0 Å². The summed E-state index contributed by atoms with van der Waals surface area (Å²) in [4.78, 5) is 88.8. The number of unbranched alkanes of at least 4 members (excludes halogenated alkanes) is 3. The predicted octanol–water partition coefficient (Wildman–Crippen LogP) is 5.15. The molecular formula is C55H73N9O7. The molecule has 1 aromatic heterocycles. The van der Waals surface area contributed by atoms with E-state index in [9.17, 15) is 28.8 Å². The fourth-order valence-corrected chi connectivity index (χ4v) is 11.0. The van der Waals surface area contributed by atoms with Crippen molar-refractivity contribution in [2.75, 3.05) is 70.9 Å². The van der Waals surface area contributed by atoms with Crippen molar-refractivity contribution >= 4 is 40.8 Å². The minimum atomic E-state index is -0.631. The Morgan fingerprint density at radius 3 is 2.31 bits per heavy atom. The van der Waals surface area contributed by atoms with Crippen molar-refractivity contribution in [1.82, 2.24) is 40.5 Å². The molecule has 2 unspecified atom stereocenters. The van der Waals surface area contributed by atoms with Gasteiger partial charge in [0.05, 0.1) is 18.0 Å². The van der Waals surface area contributed by atoms with Crippen LogP contribution in [-0.2, 0) is 43.5 Å². The van der Waals surface area contributed by atoms with Crippen LogP contribution in [0.4, 0.5) is 5.69 Å². The topological polar surface area (TPSA) is 189 Å². The van der Waals surface area contributed by atoms with Gasteiger partial charge in [-0.1, -0.05) is 49.2 Å². The number of amides is 5. The van der Waals surface area contributed by atoms with Crippen LogP contribution in [0.15, 0.2) is 70.7 Å². The summed E-state index contributed by atoms with van der Waals surface area (Å²) >= 11 is 0. The van der Waals surface area contributed by atoms with E-state index in [1.54, 1.807) is 4.90 Å². The number of likely N-dealkylation sites (N-methyl/N-ethyl adjacent to an activating group) is 1. The minimum Gasteiger partial charge on any atom is -0.384 e. The quantitative estimate of drug-likeness (QED) is 0.0745. The molecule has 2 atom stereocenters. The molecule has 2 aromatic carbocycles. The maximum atomic E-state index is 14.1. The number of pyridine rings is 1. The Morgan fingerprint density at radius 2 is 1.59 bits per heavy atom. The fraction of sp³-hybridized carbons (Fsp3) is 0.527. The number of piperidine rings is 1. The number of aryl methyl sites for hydroxylation is 2. The lowest BCUT2D eigenvalue weighted by molar-refractivity contribution is -0.137. The monoisotopic (exact) mass is 972 g/mol. The number of benzene rings is 2. The van der Waals surface area contributed by atoms with Crippen LogP contribution >= 0.6 is 0 Å². The summed E-state index contributed by atoms with van der Waals surface area (Å²) < 4.78 is 5.72. The number of aromatic nitrogens is 1. The van der Waals surface area contributed by atoms with Crippen molar-refractivity contribution in [2.24, 2.45) is 5.92 Å². The Hall–Kier alpha value is -6.10. The molecule has 5 amide bonds. The third-order valence-corrected chi connectivity index (χ3v) is 15.0. The van der Waals surface area contributed by atoms with Crippen LogP contribution in [0, 0.1) is 19.8 Å². The van der Waals surface area contributed by atoms with E-state index in [0.717, 1.165) is 136 Å². The van der Waals surface area contributed by atoms with Crippen LogP contribution < -0.4 is 26.8 Å². The van der Waals surface area contributed by atoms with Crippen molar-refractivity contribution in [3.05, 3.63) is 115 Å². The van der Waals surface area contributed by atoms with Crippen LogP contribution in [0.3, 0.4) is 0 Å². The summed E-state index contributed by atoms with van der Waals surface area (Å²) in [6.07, 6.45) is 9.12. The zero-order chi connectivity index (χ0) is 50.0. The van der Waals surface area contributed by atoms with Gasteiger partial charge in [-0.3, -0.25) is 43.9 Å². The third kappa shape index (κ3) is 12.7. The number of carbonyl (C=O) groups is 5. The molecule has 3 saturated heterocycles. The first-order valence-corrected chi connectivity index (χ1v) is 25.9. The van der Waals surface area contributed by atoms with E-state index < -0.39 is 11.9 Å². The van der Waals surface area contributed by atoms with Gasteiger partial charge in [-0.25, -0.2) is 0 Å². The van der Waals surface area contributed by atoms with Gasteiger partial charge >= 0.3 is 0 Å². The number of piperazine rings is 1. The standard InChI is InChI=1S/C55H73N9O7/c1-5-63(43-19-27-71-28-20-43)48-31-42(30-44(38(48)4)52(67)58-32-45-36(2)29-37(3)59-53(45)68)40-15-13-39(14-16-40)33-61-23-25-62(26-24-61)35-50(66)57-22-9-7-6-8-21-56-46-12-10-11-41-34-64(55(70)51(41)46)47-17-18-49(65)60-54(47)69/h10-16,29,31,43-44,47,56H,5-9,17-28,30,32-35H2,1-4H3,(H,57,66)(H,58,67)(H,59,68)(H,60,65,69). The van der Waals surface area contributed by atoms with Crippen LogP contribution in [0.1, 0.15) is 116 Å². The molecule has 0 spiro atoms. The first-order chi connectivity index (χ1) is 34.4. The van der Waals surface area contributed by atoms with Gasteiger partial charge in [0.2, 0.25) is 23.6 Å². The summed E-state index contributed by atoms with van der Waals surface area (Å²) in [7, 11) is 0. The number of allylic oxidation sites excluding steroid dienone is 2. The average Bonchev–Trinajstić information content (AvgIpc) is 3.69. The van der Waals surface area contributed by atoms with Gasteiger partial charge in [-0.05, 0) is 118 Å². The number of imide groups is 1. The fourth-order valence-electron chi connectivity index (χ4n) is 11.0. The van der Waals surface area contributed by atoms with Crippen LogP contribution in [-0.4, -0.2) is 132 Å². The second kappa shape index (κ2) is 23.9. The van der Waals surface area contributed by atoms with Gasteiger partial charge in [0.1, 0.15) is 6.04 Å². The molecule has 380 valence electrons. The largest absolute Gasteiger partial charge is 0.384 e. The molecule has 1 aliphatic carbocycles. The Kier molecular flexibility index (Phi) is 17.2. The lowest BCUT2D eigenvalue weighted by Crippen LogP contribution is -2.52.